The van der Waals surface area contributed by atoms with Gasteiger partial charge in [0.1, 0.15) is 18.4 Å². The van der Waals surface area contributed by atoms with Crippen LogP contribution in [0, 0.1) is 11.3 Å². The molecule has 2 aromatic rings. The molecule has 0 aliphatic rings. The molecule has 0 saturated heterocycles. The maximum atomic E-state index is 8.76. The highest BCUT2D eigenvalue weighted by Gasteiger charge is 2.02. The van der Waals surface area contributed by atoms with Crippen LogP contribution in [0.3, 0.4) is 0 Å². The van der Waals surface area contributed by atoms with Gasteiger partial charge in [-0.1, -0.05) is 35.3 Å². The first-order valence-electron chi connectivity index (χ1n) is 5.26. The first-order valence-corrected chi connectivity index (χ1v) is 6.01. The number of benzene rings is 2. The van der Waals surface area contributed by atoms with Crippen LogP contribution in [0.25, 0.3) is 0 Å². The summed E-state index contributed by atoms with van der Waals surface area (Å²) in [7, 11) is 0. The van der Waals surface area contributed by atoms with Crippen molar-refractivity contribution >= 4 is 23.2 Å². The zero-order valence-corrected chi connectivity index (χ0v) is 10.9. The number of nitrogens with zero attached hydrogens (tertiary/aromatic N) is 1. The third-order valence-corrected chi connectivity index (χ3v) is 2.94. The van der Waals surface area contributed by atoms with Crippen LogP contribution in [-0.4, -0.2) is 0 Å². The summed E-state index contributed by atoms with van der Waals surface area (Å²) in [6.07, 6.45) is 0. The van der Waals surface area contributed by atoms with Gasteiger partial charge in [-0.2, -0.15) is 5.26 Å². The van der Waals surface area contributed by atoms with Crippen LogP contribution >= 0.6 is 23.2 Å². The highest BCUT2D eigenvalue weighted by molar-refractivity contribution is 6.31. The fraction of sp³-hybridized carbons (Fsp3) is 0.0714. The fourth-order valence-corrected chi connectivity index (χ4v) is 1.76. The molecule has 0 radical (unpaired) electrons. The van der Waals surface area contributed by atoms with Crippen LogP contribution < -0.4 is 4.74 Å². The molecule has 0 saturated carbocycles. The molecular weight excluding hydrogens is 269 g/mol. The molecule has 0 aliphatic carbocycles. The average Bonchev–Trinajstić information content (AvgIpc) is 2.38. The third-order valence-electron chi connectivity index (χ3n) is 2.38. The predicted octanol–water partition coefficient (Wildman–Crippen LogP) is 4.44. The van der Waals surface area contributed by atoms with E-state index < -0.39 is 0 Å². The maximum Gasteiger partial charge on any atom is 0.121 e. The smallest absolute Gasteiger partial charge is 0.121 e. The van der Waals surface area contributed by atoms with Crippen molar-refractivity contribution in [3.63, 3.8) is 0 Å². The molecule has 0 atom stereocenters. The lowest BCUT2D eigenvalue weighted by atomic mass is 10.2. The van der Waals surface area contributed by atoms with Crippen LogP contribution in [0.4, 0.5) is 0 Å². The lowest BCUT2D eigenvalue weighted by Gasteiger charge is -2.07. The number of halogens is 2. The van der Waals surface area contributed by atoms with Gasteiger partial charge in [0, 0.05) is 11.1 Å². The van der Waals surface area contributed by atoms with Crippen molar-refractivity contribution in [3.05, 3.63) is 63.6 Å². The monoisotopic (exact) mass is 277 g/mol. The molecule has 4 heteroatoms. The first kappa shape index (κ1) is 12.8. The summed E-state index contributed by atoms with van der Waals surface area (Å²) in [5.41, 5.74) is 1.45. The Kier molecular flexibility index (Phi) is 4.09. The number of rotatable bonds is 3. The molecular formula is C14H9Cl2NO. The van der Waals surface area contributed by atoms with E-state index in [2.05, 4.69) is 0 Å². The number of nitriles is 1. The SMILES string of the molecule is N#Cc1ccc(OCc2ccc(Cl)cc2)cc1Cl. The molecule has 0 N–H and O–H groups in total. The Morgan fingerprint density at radius 2 is 1.78 bits per heavy atom. The zero-order valence-electron chi connectivity index (χ0n) is 9.36. The van der Waals surface area contributed by atoms with E-state index in [1.165, 1.54) is 0 Å². The van der Waals surface area contributed by atoms with Gasteiger partial charge in [-0.25, -0.2) is 0 Å². The Bertz CT molecular complexity index is 588. The fourth-order valence-electron chi connectivity index (χ4n) is 1.42. The molecule has 0 bridgehead atoms. The molecule has 2 rings (SSSR count). The molecule has 2 aromatic carbocycles. The topological polar surface area (TPSA) is 33.0 Å². The minimum absolute atomic E-state index is 0.395. The summed E-state index contributed by atoms with van der Waals surface area (Å²) in [6.45, 7) is 0.430. The van der Waals surface area contributed by atoms with E-state index in [-0.39, 0.29) is 0 Å². The maximum absolute atomic E-state index is 8.76. The van der Waals surface area contributed by atoms with Crippen LogP contribution in [0.15, 0.2) is 42.5 Å². The quantitative estimate of drug-likeness (QED) is 0.831. The predicted molar refractivity (Wildman–Crippen MR) is 72.0 cm³/mol. The summed E-state index contributed by atoms with van der Waals surface area (Å²) in [5, 5.41) is 9.84. The summed E-state index contributed by atoms with van der Waals surface area (Å²) in [6, 6.07) is 14.4. The summed E-state index contributed by atoms with van der Waals surface area (Å²) >= 11 is 11.7. The normalized spacial score (nSPS) is 9.83. The van der Waals surface area contributed by atoms with Gasteiger partial charge in [-0.05, 0) is 29.8 Å². The Balaban J connectivity index is 2.04. The Morgan fingerprint density at radius 3 is 2.39 bits per heavy atom. The van der Waals surface area contributed by atoms with Gasteiger partial charge < -0.3 is 4.74 Å². The van der Waals surface area contributed by atoms with E-state index in [1.54, 1.807) is 18.2 Å². The van der Waals surface area contributed by atoms with Crippen molar-refractivity contribution in [3.8, 4) is 11.8 Å². The lowest BCUT2D eigenvalue weighted by Crippen LogP contribution is -1.95. The molecule has 0 unspecified atom stereocenters. The Hall–Kier alpha value is -1.69. The second kappa shape index (κ2) is 5.77. The van der Waals surface area contributed by atoms with Gasteiger partial charge in [0.05, 0.1) is 10.6 Å². The molecule has 90 valence electrons. The third kappa shape index (κ3) is 3.16. The first-order chi connectivity index (χ1) is 8.69. The van der Waals surface area contributed by atoms with Gasteiger partial charge in [0.25, 0.3) is 0 Å². The second-order valence-electron chi connectivity index (χ2n) is 3.67. The lowest BCUT2D eigenvalue weighted by molar-refractivity contribution is 0.306. The Labute approximate surface area is 115 Å². The van der Waals surface area contributed by atoms with Crippen LogP contribution in [-0.2, 0) is 6.61 Å². The van der Waals surface area contributed by atoms with Crippen molar-refractivity contribution < 1.29 is 4.74 Å². The molecule has 0 aliphatic heterocycles. The van der Waals surface area contributed by atoms with Crippen LogP contribution in [0.1, 0.15) is 11.1 Å². The largest absolute Gasteiger partial charge is 0.489 e. The molecule has 0 fully saturated rings. The number of hydrogen-bond donors (Lipinski definition) is 0. The number of hydrogen-bond acceptors (Lipinski definition) is 2. The highest BCUT2D eigenvalue weighted by atomic mass is 35.5. The van der Waals surface area contributed by atoms with Gasteiger partial charge in [-0.15, -0.1) is 0 Å². The van der Waals surface area contributed by atoms with E-state index in [4.69, 9.17) is 33.2 Å². The molecule has 0 heterocycles. The number of ether oxygens (including phenoxy) is 1. The van der Waals surface area contributed by atoms with Crippen LogP contribution in [0.2, 0.25) is 10.0 Å². The van der Waals surface area contributed by atoms with Crippen molar-refractivity contribution in [1.29, 1.82) is 5.26 Å². The van der Waals surface area contributed by atoms with E-state index in [0.717, 1.165) is 5.56 Å². The summed E-state index contributed by atoms with van der Waals surface area (Å²) in [5.74, 6) is 0.633. The van der Waals surface area contributed by atoms with E-state index in [1.807, 2.05) is 30.3 Å². The molecule has 0 aromatic heterocycles. The van der Waals surface area contributed by atoms with Gasteiger partial charge in [-0.3, -0.25) is 0 Å². The molecule has 0 amide bonds. The highest BCUT2D eigenvalue weighted by Crippen LogP contribution is 2.22. The van der Waals surface area contributed by atoms with Crippen molar-refractivity contribution in [2.75, 3.05) is 0 Å². The Morgan fingerprint density at radius 1 is 1.06 bits per heavy atom. The summed E-state index contributed by atoms with van der Waals surface area (Å²) < 4.78 is 5.58. The minimum atomic E-state index is 0.395. The van der Waals surface area contributed by atoms with Gasteiger partial charge in [0.15, 0.2) is 0 Å². The van der Waals surface area contributed by atoms with Crippen molar-refractivity contribution in [1.82, 2.24) is 0 Å². The molecule has 18 heavy (non-hydrogen) atoms. The summed E-state index contributed by atoms with van der Waals surface area (Å²) in [4.78, 5) is 0. The standard InChI is InChI=1S/C14H9Cl2NO/c15-12-4-1-10(2-5-12)9-18-13-6-3-11(8-17)14(16)7-13/h1-7H,9H2. The van der Waals surface area contributed by atoms with Crippen LogP contribution in [0.5, 0.6) is 5.75 Å². The van der Waals surface area contributed by atoms with Crippen molar-refractivity contribution in [2.24, 2.45) is 0 Å². The van der Waals surface area contributed by atoms with Crippen molar-refractivity contribution in [2.45, 2.75) is 6.61 Å². The zero-order chi connectivity index (χ0) is 13.0. The minimum Gasteiger partial charge on any atom is -0.489 e. The molecule has 2 nitrogen and oxygen atoms in total. The van der Waals surface area contributed by atoms with E-state index in [0.29, 0.717) is 28.0 Å². The molecule has 0 spiro atoms. The van der Waals surface area contributed by atoms with E-state index in [9.17, 15) is 0 Å². The van der Waals surface area contributed by atoms with E-state index >= 15 is 0 Å². The van der Waals surface area contributed by atoms with Gasteiger partial charge >= 0.3 is 0 Å². The second-order valence-corrected chi connectivity index (χ2v) is 4.51. The van der Waals surface area contributed by atoms with Gasteiger partial charge in [0.2, 0.25) is 0 Å². The average molecular weight is 278 g/mol.